The molecule has 12 nitrogen and oxygen atoms in total. The Kier molecular flexibility index (Phi) is 9.68. The third-order valence-corrected chi connectivity index (χ3v) is 7.14. The second kappa shape index (κ2) is 12.8. The van der Waals surface area contributed by atoms with Gasteiger partial charge in [0.05, 0.1) is 22.9 Å². The van der Waals surface area contributed by atoms with Crippen LogP contribution in [0.4, 0.5) is 20.2 Å². The van der Waals surface area contributed by atoms with Gasteiger partial charge in [-0.1, -0.05) is 12.1 Å². The normalized spacial score (nSPS) is 15.0. The number of likely N-dealkylation sites (tertiary alicyclic amines) is 1. The van der Waals surface area contributed by atoms with E-state index in [2.05, 4.69) is 0 Å². The summed E-state index contributed by atoms with van der Waals surface area (Å²) in [5, 5.41) is 0. The highest BCUT2D eigenvalue weighted by Crippen LogP contribution is 2.37. The SMILES string of the molecule is CC(C)(C)OC(=O)N1CCC(c2cnc(N(C(=O)OC(C)(C)C)C(=O)OC(C)(C)C)c(-c3nc4ccccc4n3C(C)(C)C)n2)CC1. The molecule has 12 heteroatoms. The summed E-state index contributed by atoms with van der Waals surface area (Å²) in [5.74, 6) is 0.341. The Labute approximate surface area is 277 Å². The molecule has 3 heterocycles. The number of benzene rings is 1. The van der Waals surface area contributed by atoms with Crippen molar-refractivity contribution >= 4 is 35.1 Å². The van der Waals surface area contributed by atoms with E-state index in [1.807, 2.05) is 70.4 Å². The van der Waals surface area contributed by atoms with Crippen LogP contribution in [-0.4, -0.2) is 72.6 Å². The Morgan fingerprint density at radius 1 is 0.766 bits per heavy atom. The van der Waals surface area contributed by atoms with E-state index in [1.165, 1.54) is 0 Å². The summed E-state index contributed by atoms with van der Waals surface area (Å²) < 4.78 is 19.0. The van der Waals surface area contributed by atoms with Crippen molar-refractivity contribution in [2.45, 2.75) is 124 Å². The predicted molar refractivity (Wildman–Crippen MR) is 180 cm³/mol. The Morgan fingerprint density at radius 3 is 1.81 bits per heavy atom. The van der Waals surface area contributed by atoms with E-state index < -0.39 is 34.5 Å². The number of carbonyl (C=O) groups is 3. The smallest absolute Gasteiger partial charge is 0.425 e. The zero-order valence-electron chi connectivity index (χ0n) is 29.9. The molecule has 0 N–H and O–H groups in total. The fourth-order valence-corrected chi connectivity index (χ4v) is 5.32. The third-order valence-electron chi connectivity index (χ3n) is 7.14. The summed E-state index contributed by atoms with van der Waals surface area (Å²) in [4.78, 5) is 57.6. The topological polar surface area (TPSA) is 129 Å². The van der Waals surface area contributed by atoms with E-state index in [0.717, 1.165) is 15.9 Å². The lowest BCUT2D eigenvalue weighted by molar-refractivity contribution is 0.0203. The molecule has 0 atom stereocenters. The number of nitrogens with zero attached hydrogens (tertiary/aromatic N) is 6. The molecule has 0 aliphatic carbocycles. The van der Waals surface area contributed by atoms with E-state index in [9.17, 15) is 14.4 Å². The van der Waals surface area contributed by atoms with Gasteiger partial charge in [0.25, 0.3) is 0 Å². The first-order valence-electron chi connectivity index (χ1n) is 16.1. The zero-order valence-corrected chi connectivity index (χ0v) is 29.9. The van der Waals surface area contributed by atoms with Gasteiger partial charge < -0.3 is 23.7 Å². The predicted octanol–water partition coefficient (Wildman–Crippen LogP) is 8.04. The van der Waals surface area contributed by atoms with Gasteiger partial charge in [0.1, 0.15) is 22.5 Å². The quantitative estimate of drug-likeness (QED) is 0.259. The van der Waals surface area contributed by atoms with Crippen LogP contribution in [0.25, 0.3) is 22.6 Å². The van der Waals surface area contributed by atoms with Crippen LogP contribution in [-0.2, 0) is 19.7 Å². The van der Waals surface area contributed by atoms with Crippen molar-refractivity contribution in [2.75, 3.05) is 18.0 Å². The molecule has 4 rings (SSSR count). The highest BCUT2D eigenvalue weighted by molar-refractivity contribution is 6.10. The Hall–Kier alpha value is -4.22. The van der Waals surface area contributed by atoms with Gasteiger partial charge in [0, 0.05) is 24.5 Å². The van der Waals surface area contributed by atoms with Crippen molar-refractivity contribution in [1.82, 2.24) is 24.4 Å². The number of anilines is 1. The fraction of sp³-hybridized carbons (Fsp3) is 0.600. The van der Waals surface area contributed by atoms with Gasteiger partial charge >= 0.3 is 18.3 Å². The van der Waals surface area contributed by atoms with Crippen LogP contribution in [0.3, 0.4) is 0 Å². The van der Waals surface area contributed by atoms with Gasteiger partial charge in [0.2, 0.25) is 0 Å². The van der Waals surface area contributed by atoms with E-state index in [4.69, 9.17) is 29.2 Å². The Morgan fingerprint density at radius 2 is 1.30 bits per heavy atom. The van der Waals surface area contributed by atoms with Crippen molar-refractivity contribution < 1.29 is 28.6 Å². The van der Waals surface area contributed by atoms with E-state index in [0.29, 0.717) is 37.4 Å². The summed E-state index contributed by atoms with van der Waals surface area (Å²) in [5.41, 5.74) is -0.397. The molecule has 0 unspecified atom stereocenters. The van der Waals surface area contributed by atoms with Crippen molar-refractivity contribution in [2.24, 2.45) is 0 Å². The summed E-state index contributed by atoms with van der Waals surface area (Å²) >= 11 is 0. The van der Waals surface area contributed by atoms with E-state index >= 15 is 0 Å². The number of imide groups is 1. The second-order valence-electron chi connectivity index (χ2n) is 15.9. The number of para-hydroxylation sites is 2. The molecule has 0 spiro atoms. The van der Waals surface area contributed by atoms with E-state index in [1.54, 1.807) is 52.6 Å². The lowest BCUT2D eigenvalue weighted by atomic mass is 9.94. The van der Waals surface area contributed by atoms with Crippen LogP contribution in [0.2, 0.25) is 0 Å². The third kappa shape index (κ3) is 8.78. The lowest BCUT2D eigenvalue weighted by Gasteiger charge is -2.33. The average Bonchev–Trinajstić information content (AvgIpc) is 3.31. The Bertz CT molecular complexity index is 1600. The monoisotopic (exact) mass is 650 g/mol. The minimum atomic E-state index is -0.945. The number of imidazole rings is 1. The molecule has 1 fully saturated rings. The van der Waals surface area contributed by atoms with Gasteiger partial charge in [-0.15, -0.1) is 0 Å². The largest absolute Gasteiger partial charge is 0.444 e. The molecule has 0 radical (unpaired) electrons. The number of hydrogen-bond acceptors (Lipinski definition) is 9. The van der Waals surface area contributed by atoms with Crippen molar-refractivity contribution in [3.63, 3.8) is 0 Å². The first kappa shape index (κ1) is 35.6. The molecular weight excluding hydrogens is 600 g/mol. The Balaban J connectivity index is 1.88. The number of piperidine rings is 1. The fourth-order valence-electron chi connectivity index (χ4n) is 5.32. The van der Waals surface area contributed by atoms with Crippen LogP contribution in [0.1, 0.15) is 108 Å². The van der Waals surface area contributed by atoms with Crippen LogP contribution < -0.4 is 4.90 Å². The average molecular weight is 651 g/mol. The lowest BCUT2D eigenvalue weighted by Crippen LogP contribution is -2.44. The minimum Gasteiger partial charge on any atom is -0.444 e. The van der Waals surface area contributed by atoms with Crippen molar-refractivity contribution in [1.29, 1.82) is 0 Å². The van der Waals surface area contributed by atoms with Crippen LogP contribution >= 0.6 is 0 Å². The molecule has 1 aromatic carbocycles. The summed E-state index contributed by atoms with van der Waals surface area (Å²) in [6, 6.07) is 7.72. The number of hydrogen-bond donors (Lipinski definition) is 0. The molecule has 3 amide bonds. The van der Waals surface area contributed by atoms with Crippen molar-refractivity contribution in [3.05, 3.63) is 36.2 Å². The van der Waals surface area contributed by atoms with Crippen LogP contribution in [0.15, 0.2) is 30.5 Å². The maximum atomic E-state index is 13.8. The van der Waals surface area contributed by atoms with Gasteiger partial charge in [-0.25, -0.2) is 29.3 Å². The number of fused-ring (bicyclic) bond motifs is 1. The molecule has 2 aromatic heterocycles. The van der Waals surface area contributed by atoms with Crippen LogP contribution in [0, 0.1) is 0 Å². The van der Waals surface area contributed by atoms with Crippen LogP contribution in [0.5, 0.6) is 0 Å². The molecule has 3 aromatic rings. The van der Waals surface area contributed by atoms with Gasteiger partial charge in [-0.3, -0.25) is 0 Å². The molecular formula is C35H50N6O6. The molecule has 1 saturated heterocycles. The van der Waals surface area contributed by atoms with Gasteiger partial charge in [0.15, 0.2) is 11.6 Å². The summed E-state index contributed by atoms with van der Waals surface area (Å²) in [6.45, 7) is 23.0. The first-order chi connectivity index (χ1) is 21.5. The van der Waals surface area contributed by atoms with Gasteiger partial charge in [-0.05, 0) is 108 Å². The second-order valence-corrected chi connectivity index (χ2v) is 15.9. The molecule has 256 valence electrons. The number of carbonyl (C=O) groups excluding carboxylic acids is 3. The highest BCUT2D eigenvalue weighted by atomic mass is 16.6. The summed E-state index contributed by atoms with van der Waals surface area (Å²) in [6.07, 6.45) is 0.605. The molecule has 1 aliphatic rings. The van der Waals surface area contributed by atoms with E-state index in [-0.39, 0.29) is 23.5 Å². The molecule has 0 saturated carbocycles. The zero-order chi connectivity index (χ0) is 35.1. The standard InChI is InChI=1S/C35H50N6O6/c1-32(2,3)41-25-16-14-13-15-23(25)38-28(41)26-27(40(30(43)46-34(7,8)9)31(44)47-35(10,11)12)36-21-24(37-26)22-17-19-39(20-18-22)29(42)45-33(4,5)6/h13-16,21-22H,17-20H2,1-12H3. The highest BCUT2D eigenvalue weighted by Gasteiger charge is 2.38. The number of rotatable bonds is 3. The maximum absolute atomic E-state index is 13.8. The number of amides is 3. The molecule has 47 heavy (non-hydrogen) atoms. The molecule has 1 aliphatic heterocycles. The molecule has 0 bridgehead atoms. The maximum Gasteiger partial charge on any atom is 0.425 e. The number of aromatic nitrogens is 4. The minimum absolute atomic E-state index is 0.0436. The summed E-state index contributed by atoms with van der Waals surface area (Å²) in [7, 11) is 0. The van der Waals surface area contributed by atoms with Gasteiger partial charge in [-0.2, -0.15) is 4.90 Å². The van der Waals surface area contributed by atoms with Crippen molar-refractivity contribution in [3.8, 4) is 11.5 Å². The number of ether oxygens (including phenoxy) is 3. The first-order valence-corrected chi connectivity index (χ1v) is 16.1.